The highest BCUT2D eigenvalue weighted by Crippen LogP contribution is 2.37. The summed E-state index contributed by atoms with van der Waals surface area (Å²) in [5.74, 6) is -1.32. The molecule has 0 radical (unpaired) electrons. The first kappa shape index (κ1) is 22.8. The zero-order valence-electron chi connectivity index (χ0n) is 18.4. The molecule has 1 aliphatic rings. The number of furan rings is 1. The summed E-state index contributed by atoms with van der Waals surface area (Å²) in [7, 11) is 0. The van der Waals surface area contributed by atoms with Crippen LogP contribution in [0, 0.1) is 0 Å². The maximum atomic E-state index is 13.4. The number of aliphatic carboxylic acids is 1. The maximum Gasteiger partial charge on any atom is 0.258 e. The van der Waals surface area contributed by atoms with Crippen molar-refractivity contribution in [2.75, 3.05) is 0 Å². The molecule has 5 rings (SSSR count). The van der Waals surface area contributed by atoms with Gasteiger partial charge in [-0.25, -0.2) is 5.01 Å². The number of carbonyl (C=O) groups excluding carboxylic acids is 2. The third-order valence-corrected chi connectivity index (χ3v) is 6.40. The lowest BCUT2D eigenvalue weighted by molar-refractivity contribution is -0.305. The summed E-state index contributed by atoms with van der Waals surface area (Å²) >= 11 is 3.52. The largest absolute Gasteiger partial charge is 0.550 e. The summed E-state index contributed by atoms with van der Waals surface area (Å²) < 4.78 is 6.40. The van der Waals surface area contributed by atoms with Crippen molar-refractivity contribution in [3.63, 3.8) is 0 Å². The molecule has 2 aromatic heterocycles. The smallest absolute Gasteiger partial charge is 0.258 e. The van der Waals surface area contributed by atoms with E-state index in [1.807, 2.05) is 48.5 Å². The van der Waals surface area contributed by atoms with Crippen LogP contribution in [-0.4, -0.2) is 27.6 Å². The number of nitrogens with zero attached hydrogens (tertiary/aromatic N) is 2. The van der Waals surface area contributed by atoms with Crippen molar-refractivity contribution >= 4 is 44.4 Å². The molecule has 9 heteroatoms. The van der Waals surface area contributed by atoms with Crippen LogP contribution in [0.15, 0.2) is 85.7 Å². The first-order valence-electron chi connectivity index (χ1n) is 11.0. The van der Waals surface area contributed by atoms with Gasteiger partial charge in [0, 0.05) is 39.8 Å². The molecule has 1 atom stereocenters. The van der Waals surface area contributed by atoms with Crippen LogP contribution in [0.3, 0.4) is 0 Å². The number of hydrazone groups is 1. The minimum absolute atomic E-state index is 0.229. The number of aromatic nitrogens is 1. The molecular formula is C26H19BrN3O5-. The summed E-state index contributed by atoms with van der Waals surface area (Å²) in [6, 6.07) is 17.9. The fourth-order valence-electron chi connectivity index (χ4n) is 4.36. The third kappa shape index (κ3) is 4.42. The summed E-state index contributed by atoms with van der Waals surface area (Å²) in [6.07, 6.45) is 1.02. The highest BCUT2D eigenvalue weighted by atomic mass is 79.9. The Bertz CT molecular complexity index is 1510. The Morgan fingerprint density at radius 1 is 1.09 bits per heavy atom. The number of aromatic amines is 1. The molecule has 0 spiro atoms. The lowest BCUT2D eigenvalue weighted by atomic mass is 9.92. The summed E-state index contributed by atoms with van der Waals surface area (Å²) in [5, 5.41) is 17.5. The minimum atomic E-state index is -1.32. The number of benzene rings is 2. The lowest BCUT2D eigenvalue weighted by Crippen LogP contribution is -2.29. The number of fused-ring (bicyclic) bond motifs is 1. The van der Waals surface area contributed by atoms with Crippen LogP contribution in [0.2, 0.25) is 0 Å². The molecule has 1 aliphatic heterocycles. The Morgan fingerprint density at radius 2 is 1.89 bits per heavy atom. The van der Waals surface area contributed by atoms with Gasteiger partial charge in [0.25, 0.3) is 5.56 Å². The molecule has 4 aromatic rings. The number of carboxylic acids is 1. The monoisotopic (exact) mass is 532 g/mol. The van der Waals surface area contributed by atoms with Gasteiger partial charge in [-0.05, 0) is 42.3 Å². The van der Waals surface area contributed by atoms with Gasteiger partial charge in [-0.2, -0.15) is 5.10 Å². The molecule has 1 N–H and O–H groups in total. The SMILES string of the molecule is O=C([O-])CCC(=O)N1N=C(c2c(-c3ccccc3)c3cc(Br)ccc3[nH]c2=O)C[C@H]1c1ccco1. The van der Waals surface area contributed by atoms with E-state index in [9.17, 15) is 19.5 Å². The maximum absolute atomic E-state index is 13.4. The fourth-order valence-corrected chi connectivity index (χ4v) is 4.72. The van der Waals surface area contributed by atoms with E-state index in [1.54, 1.807) is 12.1 Å². The molecule has 0 saturated heterocycles. The highest BCUT2D eigenvalue weighted by Gasteiger charge is 2.36. The molecule has 35 heavy (non-hydrogen) atoms. The predicted molar refractivity (Wildman–Crippen MR) is 131 cm³/mol. The average Bonchev–Trinajstić information content (AvgIpc) is 3.53. The standard InChI is InChI=1S/C26H20BrN3O5/c27-16-8-9-18-17(13-16)24(15-5-2-1-3-6-15)25(26(34)28-18)19-14-20(21-7-4-12-35-21)30(29-19)22(31)10-11-23(32)33/h1-9,12-13,20H,10-11,14H2,(H,28,34)(H,32,33)/p-1/t20-/m0/s1. The van der Waals surface area contributed by atoms with Crippen molar-refractivity contribution in [3.05, 3.63) is 93.1 Å². The van der Waals surface area contributed by atoms with E-state index in [-0.39, 0.29) is 18.4 Å². The van der Waals surface area contributed by atoms with Crippen LogP contribution in [0.4, 0.5) is 0 Å². The topological polar surface area (TPSA) is 119 Å². The lowest BCUT2D eigenvalue weighted by Gasteiger charge is -2.19. The molecule has 176 valence electrons. The van der Waals surface area contributed by atoms with Gasteiger partial charge in [-0.15, -0.1) is 0 Å². The van der Waals surface area contributed by atoms with Gasteiger partial charge in [0.15, 0.2) is 0 Å². The molecule has 0 unspecified atom stereocenters. The highest BCUT2D eigenvalue weighted by molar-refractivity contribution is 9.10. The average molecular weight is 533 g/mol. The number of amides is 1. The number of carboxylic acid groups (broad SMARTS) is 1. The van der Waals surface area contributed by atoms with Crippen molar-refractivity contribution < 1.29 is 19.1 Å². The number of hydrogen-bond acceptors (Lipinski definition) is 6. The van der Waals surface area contributed by atoms with Gasteiger partial charge in [0.2, 0.25) is 5.91 Å². The summed E-state index contributed by atoms with van der Waals surface area (Å²) in [4.78, 5) is 40.2. The Labute approximate surface area is 208 Å². The van der Waals surface area contributed by atoms with Crippen molar-refractivity contribution in [2.24, 2.45) is 5.10 Å². The Balaban J connectivity index is 1.70. The van der Waals surface area contributed by atoms with Crippen molar-refractivity contribution in [2.45, 2.75) is 25.3 Å². The molecule has 0 aliphatic carbocycles. The van der Waals surface area contributed by atoms with E-state index in [0.29, 0.717) is 28.1 Å². The van der Waals surface area contributed by atoms with Crippen molar-refractivity contribution in [1.29, 1.82) is 0 Å². The first-order chi connectivity index (χ1) is 16.9. The van der Waals surface area contributed by atoms with Gasteiger partial charge >= 0.3 is 0 Å². The van der Waals surface area contributed by atoms with Crippen molar-refractivity contribution in [3.8, 4) is 11.1 Å². The number of nitrogens with one attached hydrogen (secondary N) is 1. The van der Waals surface area contributed by atoms with Crippen LogP contribution >= 0.6 is 15.9 Å². The second-order valence-electron chi connectivity index (χ2n) is 8.15. The number of hydrogen-bond donors (Lipinski definition) is 1. The molecule has 0 saturated carbocycles. The van der Waals surface area contributed by atoms with Crippen LogP contribution in [0.1, 0.15) is 36.6 Å². The van der Waals surface area contributed by atoms with Crippen molar-refractivity contribution in [1.82, 2.24) is 9.99 Å². The van der Waals surface area contributed by atoms with Crippen LogP contribution < -0.4 is 10.7 Å². The first-order valence-corrected chi connectivity index (χ1v) is 11.8. The Morgan fingerprint density at radius 3 is 2.60 bits per heavy atom. The summed E-state index contributed by atoms with van der Waals surface area (Å²) in [5.41, 5.74) is 2.63. The molecule has 2 aromatic carbocycles. The third-order valence-electron chi connectivity index (χ3n) is 5.91. The molecule has 0 bridgehead atoms. The molecule has 3 heterocycles. The second kappa shape index (κ2) is 9.34. The van der Waals surface area contributed by atoms with E-state index in [0.717, 1.165) is 15.4 Å². The predicted octanol–water partition coefficient (Wildman–Crippen LogP) is 3.76. The van der Waals surface area contributed by atoms with E-state index < -0.39 is 24.3 Å². The Hall–Kier alpha value is -3.98. The Kier molecular flexibility index (Phi) is 6.08. The number of carbonyl (C=O) groups is 2. The zero-order valence-corrected chi connectivity index (χ0v) is 19.9. The summed E-state index contributed by atoms with van der Waals surface area (Å²) in [6.45, 7) is 0. The van der Waals surface area contributed by atoms with Gasteiger partial charge in [0.1, 0.15) is 11.8 Å². The van der Waals surface area contributed by atoms with Gasteiger partial charge < -0.3 is 19.3 Å². The number of rotatable bonds is 6. The zero-order chi connectivity index (χ0) is 24.5. The minimum Gasteiger partial charge on any atom is -0.550 e. The van der Waals surface area contributed by atoms with Gasteiger partial charge in [-0.3, -0.25) is 9.59 Å². The normalized spacial score (nSPS) is 15.4. The van der Waals surface area contributed by atoms with Crippen LogP contribution in [0.5, 0.6) is 0 Å². The number of halogens is 1. The van der Waals surface area contributed by atoms with Gasteiger partial charge in [-0.1, -0.05) is 46.3 Å². The molecule has 0 fully saturated rings. The van der Waals surface area contributed by atoms with E-state index in [4.69, 9.17) is 4.42 Å². The van der Waals surface area contributed by atoms with Gasteiger partial charge in [0.05, 0.1) is 17.5 Å². The quantitative estimate of drug-likeness (QED) is 0.405. The second-order valence-corrected chi connectivity index (χ2v) is 9.07. The number of pyridine rings is 1. The van der Waals surface area contributed by atoms with E-state index in [2.05, 4.69) is 26.0 Å². The van der Waals surface area contributed by atoms with E-state index in [1.165, 1.54) is 11.3 Å². The van der Waals surface area contributed by atoms with Crippen LogP contribution in [0.25, 0.3) is 22.0 Å². The van der Waals surface area contributed by atoms with E-state index >= 15 is 0 Å². The molecule has 8 nitrogen and oxygen atoms in total. The number of H-pyrrole nitrogens is 1. The van der Waals surface area contributed by atoms with Crippen LogP contribution in [-0.2, 0) is 9.59 Å². The fraction of sp³-hybridized carbons (Fsp3) is 0.154. The molecular weight excluding hydrogens is 514 g/mol. The molecule has 1 amide bonds.